The molecule has 2 saturated heterocycles. The van der Waals surface area contributed by atoms with Crippen molar-refractivity contribution in [3.63, 3.8) is 0 Å². The molecule has 3 fully saturated rings. The second kappa shape index (κ2) is 1.88. The molecule has 68 valence electrons. The summed E-state index contributed by atoms with van der Waals surface area (Å²) in [6.07, 6.45) is 4.04. The van der Waals surface area contributed by atoms with Gasteiger partial charge in [-0.1, -0.05) is 6.92 Å². The van der Waals surface area contributed by atoms with Crippen LogP contribution in [0.5, 0.6) is 0 Å². The van der Waals surface area contributed by atoms with Gasteiger partial charge in [0.05, 0.1) is 12.2 Å². The highest BCUT2D eigenvalue weighted by atomic mass is 16.7. The first kappa shape index (κ1) is 7.34. The highest BCUT2D eigenvalue weighted by Crippen LogP contribution is 2.58. The van der Waals surface area contributed by atoms with Crippen molar-refractivity contribution in [2.24, 2.45) is 11.3 Å². The van der Waals surface area contributed by atoms with Crippen LogP contribution in [0.25, 0.3) is 0 Å². The Kier molecular flexibility index (Phi) is 1.15. The molecule has 2 aliphatic heterocycles. The molecular weight excluding hydrogens is 152 g/mol. The van der Waals surface area contributed by atoms with E-state index < -0.39 is 0 Å². The fraction of sp³-hybridized carbons (Fsp3) is 1.00. The Labute approximate surface area is 73.2 Å². The molecule has 2 heterocycles. The molecule has 0 amide bonds. The van der Waals surface area contributed by atoms with Gasteiger partial charge in [-0.3, -0.25) is 0 Å². The molecule has 3 aliphatic rings. The molecule has 0 N–H and O–H groups in total. The minimum absolute atomic E-state index is 0.0562. The van der Waals surface area contributed by atoms with Crippen molar-refractivity contribution in [3.8, 4) is 0 Å². The molecule has 3 rings (SSSR count). The van der Waals surface area contributed by atoms with Gasteiger partial charge in [-0.15, -0.1) is 0 Å². The molecule has 0 aromatic heterocycles. The van der Waals surface area contributed by atoms with Crippen LogP contribution in [0.4, 0.5) is 0 Å². The standard InChI is InChI=1S/C10H16O2/c1-9-4-3-7(5-9)10(2)6-11-8(9)12-10/h7-8H,3-6H2,1-2H3/t7-,8+,9+,10+/m1/s1. The van der Waals surface area contributed by atoms with E-state index in [0.29, 0.717) is 5.41 Å². The molecule has 4 bridgehead atoms. The molecule has 2 nitrogen and oxygen atoms in total. The second-order valence-electron chi connectivity index (χ2n) is 5.17. The van der Waals surface area contributed by atoms with E-state index in [-0.39, 0.29) is 11.9 Å². The summed E-state index contributed by atoms with van der Waals surface area (Å²) in [6, 6.07) is 0. The van der Waals surface area contributed by atoms with Crippen molar-refractivity contribution in [1.82, 2.24) is 0 Å². The van der Waals surface area contributed by atoms with E-state index in [4.69, 9.17) is 9.47 Å². The SMILES string of the molecule is C[C@]12CC[C@H](C1)[C@]1(C)CO[C@H]2O1. The lowest BCUT2D eigenvalue weighted by molar-refractivity contribution is -0.184. The van der Waals surface area contributed by atoms with Crippen LogP contribution in [0.2, 0.25) is 0 Å². The molecule has 0 spiro atoms. The van der Waals surface area contributed by atoms with E-state index in [1.165, 1.54) is 19.3 Å². The first-order chi connectivity index (χ1) is 5.62. The Bertz CT molecular complexity index is 204. The lowest BCUT2D eigenvalue weighted by Gasteiger charge is -2.38. The summed E-state index contributed by atoms with van der Waals surface area (Å²) in [5, 5.41) is 0. The minimum atomic E-state index is 0.0562. The molecule has 2 heteroatoms. The highest BCUT2D eigenvalue weighted by molar-refractivity contribution is 5.04. The Morgan fingerprint density at radius 3 is 3.00 bits per heavy atom. The van der Waals surface area contributed by atoms with E-state index in [0.717, 1.165) is 12.5 Å². The largest absolute Gasteiger partial charge is 0.349 e. The third-order valence-electron chi connectivity index (χ3n) is 4.11. The maximum absolute atomic E-state index is 5.95. The van der Waals surface area contributed by atoms with Crippen molar-refractivity contribution < 1.29 is 9.47 Å². The number of hydrogen-bond donors (Lipinski definition) is 0. The van der Waals surface area contributed by atoms with E-state index in [1.54, 1.807) is 0 Å². The van der Waals surface area contributed by atoms with E-state index >= 15 is 0 Å². The minimum Gasteiger partial charge on any atom is -0.349 e. The number of rotatable bonds is 0. The van der Waals surface area contributed by atoms with E-state index in [2.05, 4.69) is 13.8 Å². The summed E-state index contributed by atoms with van der Waals surface area (Å²) in [5.41, 5.74) is 0.390. The van der Waals surface area contributed by atoms with Crippen LogP contribution in [-0.4, -0.2) is 18.5 Å². The van der Waals surface area contributed by atoms with Crippen molar-refractivity contribution in [2.75, 3.05) is 6.61 Å². The molecule has 0 aromatic rings. The zero-order valence-corrected chi connectivity index (χ0v) is 7.80. The quantitative estimate of drug-likeness (QED) is 0.550. The third-order valence-corrected chi connectivity index (χ3v) is 4.11. The van der Waals surface area contributed by atoms with E-state index in [9.17, 15) is 0 Å². The van der Waals surface area contributed by atoms with Gasteiger partial charge in [0.2, 0.25) is 0 Å². The monoisotopic (exact) mass is 168 g/mol. The van der Waals surface area contributed by atoms with Gasteiger partial charge in [0.25, 0.3) is 0 Å². The van der Waals surface area contributed by atoms with E-state index in [1.807, 2.05) is 0 Å². The van der Waals surface area contributed by atoms with Crippen molar-refractivity contribution in [2.45, 2.75) is 45.0 Å². The fourth-order valence-corrected chi connectivity index (χ4v) is 3.12. The first-order valence-corrected chi connectivity index (χ1v) is 4.92. The highest BCUT2D eigenvalue weighted by Gasteiger charge is 2.60. The smallest absolute Gasteiger partial charge is 0.163 e. The second-order valence-corrected chi connectivity index (χ2v) is 5.17. The summed E-state index contributed by atoms with van der Waals surface area (Å²) in [5.74, 6) is 0.751. The summed E-state index contributed by atoms with van der Waals surface area (Å²) < 4.78 is 11.6. The maximum Gasteiger partial charge on any atom is 0.163 e. The average molecular weight is 168 g/mol. The summed E-state index contributed by atoms with van der Waals surface area (Å²) in [6.45, 7) is 5.34. The Morgan fingerprint density at radius 1 is 1.33 bits per heavy atom. The van der Waals surface area contributed by atoms with Crippen molar-refractivity contribution >= 4 is 0 Å². The Balaban J connectivity index is 2.02. The maximum atomic E-state index is 5.95. The van der Waals surface area contributed by atoms with Crippen LogP contribution >= 0.6 is 0 Å². The van der Waals surface area contributed by atoms with Gasteiger partial charge in [0.15, 0.2) is 6.29 Å². The molecule has 12 heavy (non-hydrogen) atoms. The molecule has 4 atom stereocenters. The lowest BCUT2D eigenvalue weighted by Crippen LogP contribution is -2.43. The lowest BCUT2D eigenvalue weighted by atomic mass is 9.80. The topological polar surface area (TPSA) is 18.5 Å². The molecule has 0 radical (unpaired) electrons. The van der Waals surface area contributed by atoms with Crippen molar-refractivity contribution in [1.29, 1.82) is 0 Å². The van der Waals surface area contributed by atoms with Crippen LogP contribution in [0.1, 0.15) is 33.1 Å². The molecule has 1 aliphatic carbocycles. The van der Waals surface area contributed by atoms with Crippen LogP contribution in [0.3, 0.4) is 0 Å². The third kappa shape index (κ3) is 0.686. The molecule has 1 saturated carbocycles. The van der Waals surface area contributed by atoms with Gasteiger partial charge < -0.3 is 9.47 Å². The molecule has 0 unspecified atom stereocenters. The van der Waals surface area contributed by atoms with Gasteiger partial charge in [0, 0.05) is 5.41 Å². The number of ether oxygens (including phenoxy) is 2. The number of fused-ring (bicyclic) bond motifs is 6. The normalized spacial score (nSPS) is 62.5. The van der Waals surface area contributed by atoms with Gasteiger partial charge in [0.1, 0.15) is 0 Å². The summed E-state index contributed by atoms with van der Waals surface area (Å²) in [4.78, 5) is 0. The van der Waals surface area contributed by atoms with Crippen LogP contribution in [0.15, 0.2) is 0 Å². The Hall–Kier alpha value is -0.0800. The molecule has 0 aromatic carbocycles. The predicted octanol–water partition coefficient (Wildman–Crippen LogP) is 1.94. The van der Waals surface area contributed by atoms with Crippen LogP contribution in [0, 0.1) is 11.3 Å². The number of hydrogen-bond acceptors (Lipinski definition) is 2. The fourth-order valence-electron chi connectivity index (χ4n) is 3.12. The predicted molar refractivity (Wildman–Crippen MR) is 44.7 cm³/mol. The van der Waals surface area contributed by atoms with Gasteiger partial charge >= 0.3 is 0 Å². The van der Waals surface area contributed by atoms with Crippen LogP contribution < -0.4 is 0 Å². The Morgan fingerprint density at radius 2 is 2.17 bits per heavy atom. The first-order valence-electron chi connectivity index (χ1n) is 4.92. The summed E-state index contributed by atoms with van der Waals surface area (Å²) in [7, 11) is 0. The van der Waals surface area contributed by atoms with Crippen molar-refractivity contribution in [3.05, 3.63) is 0 Å². The molecular formula is C10H16O2. The van der Waals surface area contributed by atoms with Gasteiger partial charge in [-0.05, 0) is 32.1 Å². The summed E-state index contributed by atoms with van der Waals surface area (Å²) >= 11 is 0. The zero-order valence-electron chi connectivity index (χ0n) is 7.80. The van der Waals surface area contributed by atoms with Gasteiger partial charge in [-0.25, -0.2) is 0 Å². The average Bonchev–Trinajstić information content (AvgIpc) is 2.52. The van der Waals surface area contributed by atoms with Gasteiger partial charge in [-0.2, -0.15) is 0 Å². The van der Waals surface area contributed by atoms with Crippen LogP contribution in [-0.2, 0) is 9.47 Å². The zero-order chi connectivity index (χ0) is 8.40.